The highest BCUT2D eigenvalue weighted by molar-refractivity contribution is 7.99. The first kappa shape index (κ1) is 19.4. The van der Waals surface area contributed by atoms with Crippen LogP contribution in [0.5, 0.6) is 0 Å². The lowest BCUT2D eigenvalue weighted by molar-refractivity contribution is -0.119. The molecule has 146 valence electrons. The zero-order chi connectivity index (χ0) is 20.1. The highest BCUT2D eigenvalue weighted by atomic mass is 32.2. The van der Waals surface area contributed by atoms with Gasteiger partial charge in [0.15, 0.2) is 5.16 Å². The second-order valence-electron chi connectivity index (χ2n) is 6.42. The molecule has 0 bridgehead atoms. The average molecular weight is 421 g/mol. The number of carbonyl (C=O) groups is 1. The summed E-state index contributed by atoms with van der Waals surface area (Å²) in [5.41, 5.74) is 3.15. The van der Waals surface area contributed by atoms with Crippen molar-refractivity contribution in [3.8, 4) is 11.3 Å². The molecule has 1 atom stereocenters. The normalized spacial score (nSPS) is 11.9. The highest BCUT2D eigenvalue weighted by Gasteiger charge is 2.19. The quantitative estimate of drug-likeness (QED) is 0.446. The van der Waals surface area contributed by atoms with Crippen molar-refractivity contribution < 1.29 is 4.79 Å². The van der Waals surface area contributed by atoms with E-state index in [2.05, 4.69) is 27.4 Å². The Morgan fingerprint density at radius 1 is 1.10 bits per heavy atom. The Balaban J connectivity index is 1.44. The zero-order valence-corrected chi connectivity index (χ0v) is 17.5. The summed E-state index contributed by atoms with van der Waals surface area (Å²) in [5.74, 6) is 0.233. The lowest BCUT2D eigenvalue weighted by Gasteiger charge is -2.17. The minimum absolute atomic E-state index is 0.0525. The van der Waals surface area contributed by atoms with Gasteiger partial charge < -0.3 is 9.88 Å². The number of rotatable bonds is 7. The second kappa shape index (κ2) is 9.07. The molecular weight excluding hydrogens is 400 g/mol. The second-order valence-corrected chi connectivity index (χ2v) is 8.29. The van der Waals surface area contributed by atoms with Gasteiger partial charge in [-0.3, -0.25) is 4.79 Å². The molecule has 1 amide bonds. The van der Waals surface area contributed by atoms with Crippen LogP contribution in [-0.2, 0) is 11.8 Å². The molecule has 4 aromatic rings. The van der Waals surface area contributed by atoms with Crippen molar-refractivity contribution in [1.29, 1.82) is 0 Å². The minimum Gasteiger partial charge on any atom is -0.342 e. The predicted molar refractivity (Wildman–Crippen MR) is 118 cm³/mol. The van der Waals surface area contributed by atoms with Gasteiger partial charge in [-0.2, -0.15) is 0 Å². The van der Waals surface area contributed by atoms with Crippen LogP contribution in [0, 0.1) is 0 Å². The van der Waals surface area contributed by atoms with Gasteiger partial charge in [0.2, 0.25) is 5.91 Å². The summed E-state index contributed by atoms with van der Waals surface area (Å²) in [4.78, 5) is 21.6. The number of hydrogen-bond donors (Lipinski definition) is 1. The van der Waals surface area contributed by atoms with Crippen molar-refractivity contribution in [2.75, 3.05) is 5.75 Å². The molecule has 0 spiro atoms. The van der Waals surface area contributed by atoms with Gasteiger partial charge in [-0.05, 0) is 11.1 Å². The van der Waals surface area contributed by atoms with Crippen LogP contribution < -0.4 is 5.32 Å². The molecular formula is C22H20N4OS2. The first-order valence-corrected chi connectivity index (χ1v) is 11.0. The topological polar surface area (TPSA) is 59.8 Å². The molecule has 0 aliphatic rings. The van der Waals surface area contributed by atoms with Gasteiger partial charge in [-0.1, -0.05) is 72.4 Å². The minimum atomic E-state index is -0.245. The molecule has 2 heterocycles. The molecule has 0 saturated heterocycles. The first-order valence-electron chi connectivity index (χ1n) is 9.16. The van der Waals surface area contributed by atoms with Crippen molar-refractivity contribution in [1.82, 2.24) is 19.9 Å². The van der Waals surface area contributed by atoms with Gasteiger partial charge in [0, 0.05) is 18.6 Å². The maximum Gasteiger partial charge on any atom is 0.231 e. The molecule has 0 fully saturated rings. The molecule has 0 aliphatic heterocycles. The maximum atomic E-state index is 12.7. The number of nitrogens with zero attached hydrogens (tertiary/aromatic N) is 3. The van der Waals surface area contributed by atoms with Crippen molar-refractivity contribution in [3.05, 3.63) is 89.0 Å². The van der Waals surface area contributed by atoms with E-state index in [9.17, 15) is 4.79 Å². The summed E-state index contributed by atoms with van der Waals surface area (Å²) in [7, 11) is 1.97. The van der Waals surface area contributed by atoms with Crippen LogP contribution in [-0.4, -0.2) is 26.2 Å². The van der Waals surface area contributed by atoms with E-state index in [4.69, 9.17) is 0 Å². The fourth-order valence-electron chi connectivity index (χ4n) is 3.05. The van der Waals surface area contributed by atoms with Gasteiger partial charge in [-0.25, -0.2) is 9.97 Å². The van der Waals surface area contributed by atoms with Gasteiger partial charge in [0.1, 0.15) is 11.0 Å². The predicted octanol–water partition coefficient (Wildman–Crippen LogP) is 4.54. The van der Waals surface area contributed by atoms with E-state index in [-0.39, 0.29) is 17.7 Å². The molecule has 2 aromatic carbocycles. The van der Waals surface area contributed by atoms with Crippen LogP contribution in [0.4, 0.5) is 0 Å². The van der Waals surface area contributed by atoms with Crippen LogP contribution in [0.15, 0.2) is 83.6 Å². The molecule has 0 radical (unpaired) electrons. The maximum absolute atomic E-state index is 12.7. The average Bonchev–Trinajstić information content (AvgIpc) is 3.42. The zero-order valence-electron chi connectivity index (χ0n) is 15.9. The summed E-state index contributed by atoms with van der Waals surface area (Å²) in [5, 5.41) is 6.72. The van der Waals surface area contributed by atoms with Crippen molar-refractivity contribution >= 4 is 29.0 Å². The number of amides is 1. The largest absolute Gasteiger partial charge is 0.342 e. The molecule has 29 heavy (non-hydrogen) atoms. The molecule has 1 N–H and O–H groups in total. The lowest BCUT2D eigenvalue weighted by atomic mass is 10.1. The van der Waals surface area contributed by atoms with E-state index in [1.807, 2.05) is 71.7 Å². The molecule has 1 unspecified atom stereocenters. The number of thioether (sulfide) groups is 1. The van der Waals surface area contributed by atoms with E-state index in [1.54, 1.807) is 6.20 Å². The van der Waals surface area contributed by atoms with E-state index < -0.39 is 0 Å². The molecule has 0 saturated carbocycles. The monoisotopic (exact) mass is 420 g/mol. The molecule has 4 rings (SSSR count). The Kier molecular flexibility index (Phi) is 6.07. The van der Waals surface area contributed by atoms with Gasteiger partial charge in [0.25, 0.3) is 0 Å². The van der Waals surface area contributed by atoms with E-state index in [0.29, 0.717) is 0 Å². The number of aromatic nitrogens is 3. The fourth-order valence-corrected chi connectivity index (χ4v) is 4.52. The van der Waals surface area contributed by atoms with Crippen molar-refractivity contribution in [2.24, 2.45) is 7.05 Å². The standard InChI is InChI=1S/C22H20N4OS2/c1-26-18(16-8-4-2-5-9-16)14-24-22(26)29-15-19(27)25-20(21-23-12-13-28-21)17-10-6-3-7-11-17/h2-14,20H,15H2,1H3,(H,25,27). The van der Waals surface area contributed by atoms with Crippen LogP contribution in [0.3, 0.4) is 0 Å². The van der Waals surface area contributed by atoms with Crippen LogP contribution in [0.2, 0.25) is 0 Å². The van der Waals surface area contributed by atoms with Crippen molar-refractivity contribution in [3.63, 3.8) is 0 Å². The Hall–Kier alpha value is -2.90. The van der Waals surface area contributed by atoms with Gasteiger partial charge >= 0.3 is 0 Å². The Morgan fingerprint density at radius 3 is 2.52 bits per heavy atom. The number of carbonyl (C=O) groups excluding carboxylic acids is 1. The molecule has 0 aliphatic carbocycles. The summed E-state index contributed by atoms with van der Waals surface area (Å²) >= 11 is 2.96. The van der Waals surface area contributed by atoms with Crippen LogP contribution >= 0.6 is 23.1 Å². The number of imidazole rings is 1. The van der Waals surface area contributed by atoms with E-state index >= 15 is 0 Å². The lowest BCUT2D eigenvalue weighted by Crippen LogP contribution is -2.30. The molecule has 2 aromatic heterocycles. The number of nitrogens with one attached hydrogen (secondary N) is 1. The Morgan fingerprint density at radius 2 is 1.83 bits per heavy atom. The fraction of sp³-hybridized carbons (Fsp3) is 0.136. The summed E-state index contributed by atoms with van der Waals surface area (Å²) in [6, 6.07) is 19.8. The number of hydrogen-bond acceptors (Lipinski definition) is 5. The Bertz CT molecular complexity index is 1060. The third kappa shape index (κ3) is 4.58. The summed E-state index contributed by atoms with van der Waals surface area (Å²) < 4.78 is 2.02. The third-order valence-corrected chi connectivity index (χ3v) is 6.37. The Labute approximate surface area is 177 Å². The van der Waals surface area contributed by atoms with Gasteiger partial charge in [-0.15, -0.1) is 11.3 Å². The van der Waals surface area contributed by atoms with Crippen LogP contribution in [0.1, 0.15) is 16.6 Å². The van der Waals surface area contributed by atoms with Gasteiger partial charge in [0.05, 0.1) is 17.6 Å². The molecule has 7 heteroatoms. The van der Waals surface area contributed by atoms with E-state index in [0.717, 1.165) is 27.0 Å². The number of benzene rings is 2. The van der Waals surface area contributed by atoms with E-state index in [1.165, 1.54) is 23.1 Å². The SMILES string of the molecule is Cn1c(-c2ccccc2)cnc1SCC(=O)NC(c1ccccc1)c1nccs1. The number of thiazole rings is 1. The van der Waals surface area contributed by atoms with Crippen molar-refractivity contribution in [2.45, 2.75) is 11.2 Å². The highest BCUT2D eigenvalue weighted by Crippen LogP contribution is 2.26. The smallest absolute Gasteiger partial charge is 0.231 e. The molecule has 5 nitrogen and oxygen atoms in total. The first-order chi connectivity index (χ1) is 14.2. The third-order valence-electron chi connectivity index (χ3n) is 4.48. The summed E-state index contributed by atoms with van der Waals surface area (Å²) in [6.07, 6.45) is 3.60. The summed E-state index contributed by atoms with van der Waals surface area (Å²) in [6.45, 7) is 0. The van der Waals surface area contributed by atoms with Crippen LogP contribution in [0.25, 0.3) is 11.3 Å².